The van der Waals surface area contributed by atoms with E-state index < -0.39 is 0 Å². The van der Waals surface area contributed by atoms with Crippen molar-refractivity contribution in [2.24, 2.45) is 9.98 Å². The van der Waals surface area contributed by atoms with Crippen molar-refractivity contribution in [3.05, 3.63) is 58.5 Å². The Kier molecular flexibility index (Phi) is 1.33. The Morgan fingerprint density at radius 3 is 1.62 bits per heavy atom. The minimum atomic E-state index is 1.07. The minimum Gasteiger partial charge on any atom is -0.256 e. The van der Waals surface area contributed by atoms with E-state index in [1.54, 1.807) is 0 Å². The average Bonchev–Trinajstić information content (AvgIpc) is 2.96. The summed E-state index contributed by atoms with van der Waals surface area (Å²) >= 11 is 0. The van der Waals surface area contributed by atoms with Gasteiger partial charge in [-0.3, -0.25) is 9.98 Å². The molecule has 16 heavy (non-hydrogen) atoms. The third-order valence-corrected chi connectivity index (χ3v) is 3.12. The van der Waals surface area contributed by atoms with Crippen LogP contribution in [0.4, 0.5) is 0 Å². The van der Waals surface area contributed by atoms with Crippen LogP contribution >= 0.6 is 0 Å². The first-order chi connectivity index (χ1) is 7.93. The van der Waals surface area contributed by atoms with E-state index in [2.05, 4.69) is 34.3 Å². The van der Waals surface area contributed by atoms with Gasteiger partial charge in [0.15, 0.2) is 0 Å². The van der Waals surface area contributed by atoms with Crippen LogP contribution in [0, 0.1) is 0 Å². The average molecular weight is 204 g/mol. The lowest BCUT2D eigenvalue weighted by molar-refractivity contribution is 1.39. The number of nitrogens with zero attached hydrogens (tertiary/aromatic N) is 2. The van der Waals surface area contributed by atoms with Crippen LogP contribution in [0.3, 0.4) is 0 Å². The van der Waals surface area contributed by atoms with Crippen LogP contribution in [0.5, 0.6) is 0 Å². The zero-order valence-electron chi connectivity index (χ0n) is 8.51. The second kappa shape index (κ2) is 2.67. The van der Waals surface area contributed by atoms with Crippen LogP contribution in [0.1, 0.15) is 11.1 Å². The summed E-state index contributed by atoms with van der Waals surface area (Å²) in [6.07, 6.45) is 7.79. The van der Waals surface area contributed by atoms with E-state index in [9.17, 15) is 0 Å². The van der Waals surface area contributed by atoms with Gasteiger partial charge in [-0.2, -0.15) is 0 Å². The molecule has 0 spiro atoms. The summed E-state index contributed by atoms with van der Waals surface area (Å²) < 4.78 is 0. The molecule has 2 aliphatic heterocycles. The molecule has 0 radical (unpaired) electrons. The van der Waals surface area contributed by atoms with Gasteiger partial charge < -0.3 is 0 Å². The molecule has 0 unspecified atom stereocenters. The monoisotopic (exact) mass is 204 g/mol. The van der Waals surface area contributed by atoms with Gasteiger partial charge in [0.25, 0.3) is 0 Å². The van der Waals surface area contributed by atoms with Crippen molar-refractivity contribution in [3.63, 3.8) is 0 Å². The van der Waals surface area contributed by atoms with Crippen LogP contribution < -0.4 is 10.7 Å². The third kappa shape index (κ3) is 0.865. The van der Waals surface area contributed by atoms with Gasteiger partial charge in [-0.15, -0.1) is 0 Å². The Morgan fingerprint density at radius 2 is 1.12 bits per heavy atom. The predicted octanol–water partition coefficient (Wildman–Crippen LogP) is 2.05. The summed E-state index contributed by atoms with van der Waals surface area (Å²) in [5.41, 5.74) is 2.39. The fourth-order valence-electron chi connectivity index (χ4n) is 2.35. The van der Waals surface area contributed by atoms with E-state index >= 15 is 0 Å². The molecule has 2 heterocycles. The summed E-state index contributed by atoms with van der Waals surface area (Å²) in [6, 6.07) is 8.49. The molecule has 2 heteroatoms. The molecule has 2 aliphatic rings. The lowest BCUT2D eigenvalue weighted by Crippen LogP contribution is -2.11. The first-order valence-corrected chi connectivity index (χ1v) is 5.28. The van der Waals surface area contributed by atoms with Gasteiger partial charge in [0, 0.05) is 34.3 Å². The molecule has 0 saturated carbocycles. The van der Waals surface area contributed by atoms with Crippen molar-refractivity contribution < 1.29 is 0 Å². The van der Waals surface area contributed by atoms with Gasteiger partial charge >= 0.3 is 0 Å². The Hall–Kier alpha value is -2.22. The van der Waals surface area contributed by atoms with Crippen molar-refractivity contribution in [2.45, 2.75) is 0 Å². The van der Waals surface area contributed by atoms with Crippen LogP contribution in [-0.2, 0) is 0 Å². The first kappa shape index (κ1) is 7.99. The summed E-state index contributed by atoms with van der Waals surface area (Å²) in [5.74, 6) is 0. The van der Waals surface area contributed by atoms with Gasteiger partial charge in [-0.1, -0.05) is 24.3 Å². The molecule has 4 rings (SSSR count). The van der Waals surface area contributed by atoms with Gasteiger partial charge in [0.2, 0.25) is 0 Å². The zero-order valence-corrected chi connectivity index (χ0v) is 8.51. The number of fused-ring (bicyclic) bond motifs is 5. The van der Waals surface area contributed by atoms with Crippen molar-refractivity contribution >= 4 is 22.9 Å². The Balaban J connectivity index is 2.31. The topological polar surface area (TPSA) is 24.7 Å². The quantitative estimate of drug-likeness (QED) is 0.627. The maximum atomic E-state index is 4.41. The molecule has 0 saturated heterocycles. The molecule has 0 aromatic heterocycles. The standard InChI is InChI=1S/C14H8N2/c1-3-11-12(13-9(1)5-7-15-13)4-2-10-6-8-16-14(10)11/h1-8H. The van der Waals surface area contributed by atoms with Gasteiger partial charge in [-0.25, -0.2) is 0 Å². The van der Waals surface area contributed by atoms with E-state index in [0.717, 1.165) is 10.7 Å². The molecular formula is C14H8N2. The van der Waals surface area contributed by atoms with Crippen molar-refractivity contribution in [2.75, 3.05) is 0 Å². The highest BCUT2D eigenvalue weighted by atomic mass is 14.7. The molecule has 74 valence electrons. The van der Waals surface area contributed by atoms with E-state index in [4.69, 9.17) is 0 Å². The van der Waals surface area contributed by atoms with Gasteiger partial charge in [0.1, 0.15) is 0 Å². The molecule has 0 atom stereocenters. The summed E-state index contributed by atoms with van der Waals surface area (Å²) in [5, 5.41) is 4.52. The van der Waals surface area contributed by atoms with E-state index in [1.807, 2.05) is 24.6 Å². The highest BCUT2D eigenvalue weighted by molar-refractivity contribution is 5.87. The van der Waals surface area contributed by atoms with Crippen LogP contribution in [0.2, 0.25) is 0 Å². The fourth-order valence-corrected chi connectivity index (χ4v) is 2.35. The van der Waals surface area contributed by atoms with E-state index in [1.165, 1.54) is 21.9 Å². The minimum absolute atomic E-state index is 1.07. The summed E-state index contributed by atoms with van der Waals surface area (Å²) in [6.45, 7) is 0. The van der Waals surface area contributed by atoms with Crippen molar-refractivity contribution in [1.82, 2.24) is 0 Å². The van der Waals surface area contributed by atoms with Crippen LogP contribution in [-0.4, -0.2) is 0 Å². The number of rotatable bonds is 0. The predicted molar refractivity (Wildman–Crippen MR) is 64.3 cm³/mol. The van der Waals surface area contributed by atoms with E-state index in [0.29, 0.717) is 0 Å². The molecule has 0 amide bonds. The lowest BCUT2D eigenvalue weighted by Gasteiger charge is -2.00. The fraction of sp³-hybridized carbons (Fsp3) is 0. The normalized spacial score (nSPS) is 14.8. The Morgan fingerprint density at radius 1 is 0.625 bits per heavy atom. The highest BCUT2D eigenvalue weighted by Crippen LogP contribution is 2.14. The largest absolute Gasteiger partial charge is 0.256 e. The Labute approximate surface area is 92.0 Å². The molecular weight excluding hydrogens is 196 g/mol. The number of hydrogen-bond donors (Lipinski definition) is 0. The molecule has 2 aromatic carbocycles. The summed E-state index contributed by atoms with van der Waals surface area (Å²) in [4.78, 5) is 8.82. The molecule has 2 aromatic rings. The second-order valence-electron chi connectivity index (χ2n) is 3.99. The smallest absolute Gasteiger partial charge is 0.0781 e. The van der Waals surface area contributed by atoms with Crippen LogP contribution in [0.15, 0.2) is 46.7 Å². The molecule has 0 N–H and O–H groups in total. The second-order valence-corrected chi connectivity index (χ2v) is 3.99. The molecule has 0 aliphatic carbocycles. The highest BCUT2D eigenvalue weighted by Gasteiger charge is 2.08. The third-order valence-electron chi connectivity index (χ3n) is 3.12. The number of benzene rings is 2. The zero-order chi connectivity index (χ0) is 10.5. The lowest BCUT2D eigenvalue weighted by atomic mass is 10.0. The first-order valence-electron chi connectivity index (χ1n) is 5.28. The molecule has 0 fully saturated rings. The Bertz CT molecular complexity index is 726. The molecule has 0 bridgehead atoms. The van der Waals surface area contributed by atoms with Crippen molar-refractivity contribution in [1.29, 1.82) is 0 Å². The van der Waals surface area contributed by atoms with E-state index in [-0.39, 0.29) is 0 Å². The number of hydrogen-bond acceptors (Lipinski definition) is 2. The maximum Gasteiger partial charge on any atom is 0.0781 e. The van der Waals surface area contributed by atoms with Gasteiger partial charge in [0.05, 0.1) is 10.7 Å². The summed E-state index contributed by atoms with van der Waals surface area (Å²) in [7, 11) is 0. The maximum absolute atomic E-state index is 4.41. The van der Waals surface area contributed by atoms with Crippen LogP contribution in [0.25, 0.3) is 22.9 Å². The van der Waals surface area contributed by atoms with Crippen molar-refractivity contribution in [3.8, 4) is 0 Å². The molecule has 2 nitrogen and oxygen atoms in total. The van der Waals surface area contributed by atoms with Gasteiger partial charge in [-0.05, 0) is 12.2 Å². The SMILES string of the molecule is C1=Cc2ccc3c4c(ccc3c2=N1)C=CN=4.